The van der Waals surface area contributed by atoms with Gasteiger partial charge in [0.15, 0.2) is 0 Å². The molecule has 0 atom stereocenters. The van der Waals surface area contributed by atoms with E-state index in [1.165, 1.54) is 16.5 Å². The minimum Gasteiger partial charge on any atom is -0.388 e. The quantitative estimate of drug-likeness (QED) is 0.728. The first-order chi connectivity index (χ1) is 12.2. The molecule has 3 aromatic rings. The first-order valence-electron chi connectivity index (χ1n) is 8.95. The fourth-order valence-corrected chi connectivity index (χ4v) is 3.94. The number of aromatic nitrogens is 1. The molecule has 3 nitrogen and oxygen atoms in total. The van der Waals surface area contributed by atoms with Gasteiger partial charge in [0.25, 0.3) is 0 Å². The first-order valence-corrected chi connectivity index (χ1v) is 8.95. The standard InChI is InChI=1S/C21H24FN3/c1-15-14-25(21-13-17(23-2)5-8-20(15)21)19-9-11-24(12-10-19)18-6-3-16(22)4-7-18/h3-8,13-14,19,23H,9-12H2,1-2H3. The highest BCUT2D eigenvalue weighted by Gasteiger charge is 2.22. The number of piperidine rings is 1. The molecule has 4 rings (SSSR count). The van der Waals surface area contributed by atoms with E-state index in [0.29, 0.717) is 6.04 Å². The molecule has 2 heterocycles. The van der Waals surface area contributed by atoms with E-state index in [1.54, 1.807) is 12.1 Å². The van der Waals surface area contributed by atoms with Crippen molar-refractivity contribution in [3.8, 4) is 0 Å². The molecule has 1 aliphatic rings. The fourth-order valence-electron chi connectivity index (χ4n) is 3.94. The number of halogens is 1. The fraction of sp³-hybridized carbons (Fsp3) is 0.333. The van der Waals surface area contributed by atoms with E-state index in [0.717, 1.165) is 37.3 Å². The van der Waals surface area contributed by atoms with Crippen LogP contribution in [0, 0.1) is 12.7 Å². The molecule has 1 fully saturated rings. The average molecular weight is 337 g/mol. The summed E-state index contributed by atoms with van der Waals surface area (Å²) in [5.74, 6) is -0.173. The summed E-state index contributed by atoms with van der Waals surface area (Å²) in [5, 5.41) is 4.57. The van der Waals surface area contributed by atoms with Gasteiger partial charge in [-0.3, -0.25) is 0 Å². The largest absolute Gasteiger partial charge is 0.388 e. The Morgan fingerprint density at radius 2 is 1.76 bits per heavy atom. The molecule has 0 aliphatic carbocycles. The third-order valence-corrected chi connectivity index (χ3v) is 5.37. The van der Waals surface area contributed by atoms with E-state index in [9.17, 15) is 4.39 Å². The number of nitrogens with zero attached hydrogens (tertiary/aromatic N) is 2. The van der Waals surface area contributed by atoms with Gasteiger partial charge in [-0.25, -0.2) is 4.39 Å². The molecule has 0 unspecified atom stereocenters. The molecule has 4 heteroatoms. The monoisotopic (exact) mass is 337 g/mol. The third kappa shape index (κ3) is 2.97. The van der Waals surface area contributed by atoms with Crippen LogP contribution >= 0.6 is 0 Å². The molecule has 2 aromatic carbocycles. The molecule has 1 aliphatic heterocycles. The van der Waals surface area contributed by atoms with Crippen molar-refractivity contribution in [1.82, 2.24) is 4.57 Å². The molecule has 25 heavy (non-hydrogen) atoms. The van der Waals surface area contributed by atoms with Crippen LogP contribution in [0.15, 0.2) is 48.7 Å². The van der Waals surface area contributed by atoms with Crippen molar-refractivity contribution in [3.63, 3.8) is 0 Å². The zero-order valence-electron chi connectivity index (χ0n) is 14.8. The molecular formula is C21H24FN3. The summed E-state index contributed by atoms with van der Waals surface area (Å²) in [6.45, 7) is 4.19. The number of nitrogens with one attached hydrogen (secondary N) is 1. The van der Waals surface area contributed by atoms with Crippen molar-refractivity contribution in [1.29, 1.82) is 0 Å². The molecule has 0 saturated carbocycles. The van der Waals surface area contributed by atoms with Crippen LogP contribution in [0.2, 0.25) is 0 Å². The lowest BCUT2D eigenvalue weighted by Gasteiger charge is -2.34. The van der Waals surface area contributed by atoms with Crippen molar-refractivity contribution in [3.05, 3.63) is 60.0 Å². The van der Waals surface area contributed by atoms with Crippen molar-refractivity contribution in [2.45, 2.75) is 25.8 Å². The van der Waals surface area contributed by atoms with E-state index >= 15 is 0 Å². The van der Waals surface area contributed by atoms with Crippen LogP contribution in [-0.4, -0.2) is 24.7 Å². The van der Waals surface area contributed by atoms with Crippen molar-refractivity contribution >= 4 is 22.3 Å². The highest BCUT2D eigenvalue weighted by molar-refractivity contribution is 5.86. The third-order valence-electron chi connectivity index (χ3n) is 5.37. The number of rotatable bonds is 3. The van der Waals surface area contributed by atoms with Gasteiger partial charge in [-0.1, -0.05) is 6.07 Å². The van der Waals surface area contributed by atoms with E-state index in [2.05, 4.69) is 46.1 Å². The Balaban J connectivity index is 1.56. The predicted molar refractivity (Wildman–Crippen MR) is 103 cm³/mol. The summed E-state index contributed by atoms with van der Waals surface area (Å²) in [7, 11) is 1.96. The Labute approximate surface area is 148 Å². The summed E-state index contributed by atoms with van der Waals surface area (Å²) >= 11 is 0. The summed E-state index contributed by atoms with van der Waals surface area (Å²) < 4.78 is 15.6. The first kappa shape index (κ1) is 16.0. The number of hydrogen-bond acceptors (Lipinski definition) is 2. The van der Waals surface area contributed by atoms with Crippen LogP contribution in [0.3, 0.4) is 0 Å². The smallest absolute Gasteiger partial charge is 0.123 e. The molecular weight excluding hydrogens is 313 g/mol. The maximum Gasteiger partial charge on any atom is 0.123 e. The molecule has 1 aromatic heterocycles. The van der Waals surface area contributed by atoms with Crippen LogP contribution in [0.5, 0.6) is 0 Å². The predicted octanol–water partition coefficient (Wildman–Crippen LogP) is 4.97. The normalized spacial score (nSPS) is 15.7. The second-order valence-electron chi connectivity index (χ2n) is 6.90. The topological polar surface area (TPSA) is 20.2 Å². The minimum atomic E-state index is -0.173. The van der Waals surface area contributed by atoms with Gasteiger partial charge in [0.1, 0.15) is 5.82 Å². The summed E-state index contributed by atoms with van der Waals surface area (Å²) in [6, 6.07) is 14.0. The lowest BCUT2D eigenvalue weighted by molar-refractivity contribution is 0.405. The van der Waals surface area contributed by atoms with E-state index in [1.807, 2.05) is 19.2 Å². The maximum atomic E-state index is 13.1. The zero-order chi connectivity index (χ0) is 17.4. The average Bonchev–Trinajstić information content (AvgIpc) is 2.98. The van der Waals surface area contributed by atoms with Crippen LogP contribution in [-0.2, 0) is 0 Å². The van der Waals surface area contributed by atoms with Gasteiger partial charge in [0.2, 0.25) is 0 Å². The Hall–Kier alpha value is -2.49. The Morgan fingerprint density at radius 1 is 1.04 bits per heavy atom. The summed E-state index contributed by atoms with van der Waals surface area (Å²) in [6.07, 6.45) is 4.50. The van der Waals surface area contributed by atoms with Crippen molar-refractivity contribution < 1.29 is 4.39 Å². The van der Waals surface area contributed by atoms with Gasteiger partial charge in [-0.2, -0.15) is 0 Å². The summed E-state index contributed by atoms with van der Waals surface area (Å²) in [4.78, 5) is 2.35. The van der Waals surface area contributed by atoms with Crippen LogP contribution < -0.4 is 10.2 Å². The van der Waals surface area contributed by atoms with Crippen molar-refractivity contribution in [2.24, 2.45) is 0 Å². The minimum absolute atomic E-state index is 0.173. The van der Waals surface area contributed by atoms with Gasteiger partial charge < -0.3 is 14.8 Å². The number of aryl methyl sites for hydroxylation is 1. The number of hydrogen-bond donors (Lipinski definition) is 1. The van der Waals surface area contributed by atoms with E-state index < -0.39 is 0 Å². The summed E-state index contributed by atoms with van der Waals surface area (Å²) in [5.41, 5.74) is 4.91. The van der Waals surface area contributed by atoms with Crippen LogP contribution in [0.1, 0.15) is 24.4 Å². The maximum absolute atomic E-state index is 13.1. The number of fused-ring (bicyclic) bond motifs is 1. The number of anilines is 2. The highest BCUT2D eigenvalue weighted by atomic mass is 19.1. The second-order valence-corrected chi connectivity index (χ2v) is 6.90. The van der Waals surface area contributed by atoms with Crippen LogP contribution in [0.25, 0.3) is 10.9 Å². The molecule has 0 amide bonds. The molecule has 0 radical (unpaired) electrons. The Morgan fingerprint density at radius 3 is 2.44 bits per heavy atom. The van der Waals surface area contributed by atoms with Gasteiger partial charge in [0, 0.05) is 49.1 Å². The van der Waals surface area contributed by atoms with E-state index in [-0.39, 0.29) is 5.82 Å². The zero-order valence-corrected chi connectivity index (χ0v) is 14.8. The van der Waals surface area contributed by atoms with E-state index in [4.69, 9.17) is 0 Å². The second kappa shape index (κ2) is 6.43. The van der Waals surface area contributed by atoms with Crippen molar-refractivity contribution in [2.75, 3.05) is 30.4 Å². The van der Waals surface area contributed by atoms with Gasteiger partial charge in [0.05, 0.1) is 5.52 Å². The SMILES string of the molecule is CNc1ccc2c(C)cn(C3CCN(c4ccc(F)cc4)CC3)c2c1. The molecule has 1 N–H and O–H groups in total. The molecule has 1 saturated heterocycles. The van der Waals surface area contributed by atoms with Gasteiger partial charge >= 0.3 is 0 Å². The lowest BCUT2D eigenvalue weighted by atomic mass is 10.0. The van der Waals surface area contributed by atoms with Gasteiger partial charge in [-0.05, 0) is 61.7 Å². The molecule has 0 bridgehead atoms. The molecule has 0 spiro atoms. The lowest BCUT2D eigenvalue weighted by Crippen LogP contribution is -2.34. The Kier molecular flexibility index (Phi) is 4.12. The van der Waals surface area contributed by atoms with Crippen LogP contribution in [0.4, 0.5) is 15.8 Å². The highest BCUT2D eigenvalue weighted by Crippen LogP contribution is 2.32. The Bertz CT molecular complexity index is 874. The molecule has 130 valence electrons. The number of benzene rings is 2. The van der Waals surface area contributed by atoms with Gasteiger partial charge in [-0.15, -0.1) is 0 Å².